The van der Waals surface area contributed by atoms with E-state index in [0.717, 1.165) is 24.3 Å². The molecule has 2 rings (SSSR count). The second-order valence-electron chi connectivity index (χ2n) is 4.89. The summed E-state index contributed by atoms with van der Waals surface area (Å²) < 4.78 is 68.1. The van der Waals surface area contributed by atoms with Crippen LogP contribution in [0, 0.1) is 10.8 Å². The Balaban J connectivity index is 2.63. The van der Waals surface area contributed by atoms with E-state index in [1.165, 1.54) is 24.3 Å². The molecule has 2 aromatic carbocycles. The third kappa shape index (κ3) is 4.27. The Morgan fingerprint density at radius 1 is 0.731 bits per heavy atom. The third-order valence-corrected chi connectivity index (χ3v) is 4.99. The average molecular weight is 392 g/mol. The van der Waals surface area contributed by atoms with Crippen molar-refractivity contribution in [3.8, 4) is 0 Å². The first-order valence-corrected chi connectivity index (χ1v) is 9.46. The monoisotopic (exact) mass is 392 g/mol. The molecule has 132 valence electrons. The summed E-state index contributed by atoms with van der Waals surface area (Å²) in [5.74, 6) is 0. The van der Waals surface area contributed by atoms with Crippen LogP contribution in [0.25, 0.3) is 22.1 Å². The molecule has 10 nitrogen and oxygen atoms in total. The van der Waals surface area contributed by atoms with E-state index in [0.29, 0.717) is 0 Å². The van der Waals surface area contributed by atoms with Gasteiger partial charge in [0.2, 0.25) is 10.8 Å². The first-order valence-electron chi connectivity index (χ1n) is 6.64. The molecular weight excluding hydrogens is 384 g/mol. The van der Waals surface area contributed by atoms with Gasteiger partial charge in [-0.05, 0) is 23.3 Å². The van der Waals surface area contributed by atoms with E-state index in [9.17, 15) is 25.9 Å². The maximum Gasteiger partial charge on any atom is 0.386 e. The first-order chi connectivity index (χ1) is 12.1. The molecule has 0 amide bonds. The van der Waals surface area contributed by atoms with Gasteiger partial charge in [0.05, 0.1) is 21.9 Å². The van der Waals surface area contributed by atoms with Crippen LogP contribution in [0.1, 0.15) is 11.1 Å². The van der Waals surface area contributed by atoms with Crippen LogP contribution in [-0.4, -0.2) is 25.9 Å². The summed E-state index contributed by atoms with van der Waals surface area (Å²) in [6.45, 7) is 0. The van der Waals surface area contributed by atoms with Crippen LogP contribution in [0.5, 0.6) is 0 Å². The number of diazo groups is 2. The fraction of sp³-hybridized carbons (Fsp3) is 0. The summed E-state index contributed by atoms with van der Waals surface area (Å²) in [6.07, 6.45) is 2.21. The van der Waals surface area contributed by atoms with E-state index in [1.54, 1.807) is 0 Å². The molecule has 0 radical (unpaired) electrons. The van der Waals surface area contributed by atoms with Crippen molar-refractivity contribution < 1.29 is 25.9 Å². The SMILES string of the molecule is N#[N+]c1ccc(C=Cc2ccc([N+]#N)cc2S(=O)(=O)[O-])c(S(=O)(=O)[O-])c1. The summed E-state index contributed by atoms with van der Waals surface area (Å²) >= 11 is 0. The van der Waals surface area contributed by atoms with Crippen molar-refractivity contribution in [2.75, 3.05) is 0 Å². The van der Waals surface area contributed by atoms with E-state index < -0.39 is 30.0 Å². The molecule has 0 spiro atoms. The molecule has 0 aliphatic heterocycles. The highest BCUT2D eigenvalue weighted by molar-refractivity contribution is 7.86. The lowest BCUT2D eigenvalue weighted by Crippen LogP contribution is -2.02. The Labute approximate surface area is 148 Å². The van der Waals surface area contributed by atoms with Crippen molar-refractivity contribution in [2.45, 2.75) is 9.79 Å². The van der Waals surface area contributed by atoms with Gasteiger partial charge in [0.25, 0.3) is 0 Å². The predicted octanol–water partition coefficient (Wildman–Crippen LogP) is 2.63. The molecule has 0 saturated carbocycles. The lowest BCUT2D eigenvalue weighted by molar-refractivity contribution is 0.460. The molecule has 0 aliphatic rings. The molecule has 0 aliphatic carbocycles. The predicted molar refractivity (Wildman–Crippen MR) is 87.2 cm³/mol. The van der Waals surface area contributed by atoms with Crippen molar-refractivity contribution in [2.24, 2.45) is 0 Å². The van der Waals surface area contributed by atoms with E-state index >= 15 is 0 Å². The number of benzene rings is 2. The lowest BCUT2D eigenvalue weighted by atomic mass is 10.1. The van der Waals surface area contributed by atoms with Crippen molar-refractivity contribution in [1.82, 2.24) is 0 Å². The summed E-state index contributed by atoms with van der Waals surface area (Å²) in [7, 11) is -9.84. The lowest BCUT2D eigenvalue weighted by Gasteiger charge is -2.10. The normalized spacial score (nSPS) is 11.8. The van der Waals surface area contributed by atoms with Gasteiger partial charge in [-0.25, -0.2) is 16.8 Å². The van der Waals surface area contributed by atoms with Gasteiger partial charge in [0, 0.05) is 12.1 Å². The Morgan fingerprint density at radius 3 is 1.35 bits per heavy atom. The number of nitrogens with zero attached hydrogens (tertiary/aromatic N) is 4. The zero-order valence-electron chi connectivity index (χ0n) is 12.7. The highest BCUT2D eigenvalue weighted by atomic mass is 32.2. The van der Waals surface area contributed by atoms with Crippen molar-refractivity contribution >= 4 is 43.8 Å². The second kappa shape index (κ2) is 6.99. The molecular formula is C14H8N4O6S2. The third-order valence-electron chi connectivity index (χ3n) is 3.21. The molecule has 2 aromatic rings. The molecule has 0 N–H and O–H groups in total. The largest absolute Gasteiger partial charge is 0.744 e. The van der Waals surface area contributed by atoms with Gasteiger partial charge < -0.3 is 9.11 Å². The zero-order valence-corrected chi connectivity index (χ0v) is 14.3. The zero-order chi connectivity index (χ0) is 19.5. The summed E-state index contributed by atoms with van der Waals surface area (Å²) in [5, 5.41) is 17.4. The average Bonchev–Trinajstić information content (AvgIpc) is 2.58. The van der Waals surface area contributed by atoms with Crippen LogP contribution in [0.4, 0.5) is 11.4 Å². The van der Waals surface area contributed by atoms with Crippen LogP contribution in [-0.2, 0) is 20.2 Å². The molecule has 0 atom stereocenters. The molecule has 0 bridgehead atoms. The van der Waals surface area contributed by atoms with Crippen molar-refractivity contribution in [1.29, 1.82) is 10.8 Å². The molecule has 12 heteroatoms. The maximum absolute atomic E-state index is 11.3. The van der Waals surface area contributed by atoms with Crippen LogP contribution < -0.4 is 0 Å². The fourth-order valence-corrected chi connectivity index (χ4v) is 3.44. The van der Waals surface area contributed by atoms with Gasteiger partial charge in [0.1, 0.15) is 20.2 Å². The van der Waals surface area contributed by atoms with Gasteiger partial charge in [-0.2, -0.15) is 0 Å². The van der Waals surface area contributed by atoms with Crippen LogP contribution >= 0.6 is 0 Å². The molecule has 0 unspecified atom stereocenters. The highest BCUT2D eigenvalue weighted by Gasteiger charge is 2.16. The Kier molecular flexibility index (Phi) is 5.15. The van der Waals surface area contributed by atoms with Crippen LogP contribution in [0.2, 0.25) is 0 Å². The standard InChI is InChI=1S/C14H8N4O6S2/c15-17-11-5-3-9(13(7-11)25(19,20)21)1-2-10-4-6-12(18-16)8-14(10)26(22,23)24/h1-8H. The number of hydrogen-bond donors (Lipinski definition) is 0. The van der Waals surface area contributed by atoms with Crippen LogP contribution in [0.3, 0.4) is 0 Å². The first kappa shape index (κ1) is 19.2. The molecule has 0 aromatic heterocycles. The molecule has 26 heavy (non-hydrogen) atoms. The van der Waals surface area contributed by atoms with Crippen molar-refractivity contribution in [3.05, 3.63) is 57.5 Å². The molecule has 0 heterocycles. The van der Waals surface area contributed by atoms with Gasteiger partial charge in [-0.15, -0.1) is 0 Å². The Morgan fingerprint density at radius 2 is 1.08 bits per heavy atom. The second-order valence-corrected chi connectivity index (χ2v) is 7.58. The van der Waals surface area contributed by atoms with Gasteiger partial charge in [0.15, 0.2) is 9.95 Å². The van der Waals surface area contributed by atoms with E-state index in [2.05, 4.69) is 9.95 Å². The van der Waals surface area contributed by atoms with E-state index in [1.807, 2.05) is 0 Å². The van der Waals surface area contributed by atoms with Gasteiger partial charge in [-0.1, -0.05) is 12.2 Å². The van der Waals surface area contributed by atoms with Crippen LogP contribution in [0.15, 0.2) is 46.2 Å². The van der Waals surface area contributed by atoms with Gasteiger partial charge in [-0.3, -0.25) is 0 Å². The Bertz CT molecular complexity index is 1110. The maximum atomic E-state index is 11.3. The minimum absolute atomic E-state index is 0.113. The minimum atomic E-state index is -4.92. The van der Waals surface area contributed by atoms with Gasteiger partial charge >= 0.3 is 11.4 Å². The molecule has 0 fully saturated rings. The van der Waals surface area contributed by atoms with E-state index in [-0.39, 0.29) is 22.5 Å². The highest BCUT2D eigenvalue weighted by Crippen LogP contribution is 2.27. The summed E-state index contributed by atoms with van der Waals surface area (Å²) in [6, 6.07) is 6.43. The quantitative estimate of drug-likeness (QED) is 0.434. The van der Waals surface area contributed by atoms with Crippen molar-refractivity contribution in [3.63, 3.8) is 0 Å². The molecule has 0 saturated heterocycles. The summed E-state index contributed by atoms with van der Waals surface area (Å²) in [5.41, 5.74) is -0.572. The smallest absolute Gasteiger partial charge is 0.386 e. The number of hydrogen-bond acceptors (Lipinski definition) is 8. The Hall–Kier alpha value is -3.16. The number of rotatable bonds is 4. The topological polar surface area (TPSA) is 171 Å². The summed E-state index contributed by atoms with van der Waals surface area (Å²) in [4.78, 5) is 4.18. The van der Waals surface area contributed by atoms with E-state index in [4.69, 9.17) is 10.8 Å². The fourth-order valence-electron chi connectivity index (χ4n) is 2.06. The minimum Gasteiger partial charge on any atom is -0.744 e.